The molecule has 13 heteroatoms. The fourth-order valence-corrected chi connectivity index (χ4v) is 7.34. The summed E-state index contributed by atoms with van der Waals surface area (Å²) in [5.41, 5.74) is -1.68. The highest BCUT2D eigenvalue weighted by atomic mass is 32.2. The van der Waals surface area contributed by atoms with E-state index in [-0.39, 0.29) is 24.8 Å². The third-order valence-electron chi connectivity index (χ3n) is 5.42. The highest BCUT2D eigenvalue weighted by Crippen LogP contribution is 2.34. The van der Waals surface area contributed by atoms with E-state index in [1.807, 2.05) is 0 Å². The number of benzene rings is 1. The van der Waals surface area contributed by atoms with Gasteiger partial charge in [-0.15, -0.1) is 0 Å². The van der Waals surface area contributed by atoms with Crippen molar-refractivity contribution in [3.63, 3.8) is 0 Å². The molecule has 1 aromatic carbocycles. The van der Waals surface area contributed by atoms with Gasteiger partial charge in [-0.25, -0.2) is 21.2 Å². The van der Waals surface area contributed by atoms with Crippen molar-refractivity contribution in [2.45, 2.75) is 30.0 Å². The molecule has 0 saturated carbocycles. The van der Waals surface area contributed by atoms with Gasteiger partial charge in [0.2, 0.25) is 10.0 Å². The molecule has 0 spiro atoms. The average molecular weight is 489 g/mol. The third kappa shape index (κ3) is 5.95. The van der Waals surface area contributed by atoms with Crippen molar-refractivity contribution in [1.82, 2.24) is 9.21 Å². The molecule has 2 aliphatic heterocycles. The monoisotopic (exact) mass is 488 g/mol. The number of hydrogen-bond donors (Lipinski definition) is 0. The molecule has 2 heterocycles. The number of halogens is 4. The molecular formula is C18H24F4N2O5S2. The van der Waals surface area contributed by atoms with Crippen molar-refractivity contribution in [2.24, 2.45) is 0 Å². The number of ether oxygens (including phenoxy) is 1. The Morgan fingerprint density at radius 2 is 1.87 bits per heavy atom. The smallest absolute Gasteiger partial charge is 0.379 e. The third-order valence-corrected chi connectivity index (χ3v) is 9.12. The van der Waals surface area contributed by atoms with Crippen LogP contribution in [0.2, 0.25) is 0 Å². The van der Waals surface area contributed by atoms with Crippen LogP contribution in [0.4, 0.5) is 17.6 Å². The van der Waals surface area contributed by atoms with Crippen LogP contribution in [0.15, 0.2) is 23.1 Å². The van der Waals surface area contributed by atoms with E-state index in [9.17, 15) is 34.4 Å². The zero-order valence-corrected chi connectivity index (χ0v) is 18.3. The number of alkyl halides is 3. The van der Waals surface area contributed by atoms with E-state index in [2.05, 4.69) is 4.90 Å². The lowest BCUT2D eigenvalue weighted by Crippen LogP contribution is -2.43. The van der Waals surface area contributed by atoms with Gasteiger partial charge in [0, 0.05) is 25.7 Å². The molecule has 1 aromatic rings. The van der Waals surface area contributed by atoms with Crippen LogP contribution in [0, 0.1) is 5.82 Å². The Morgan fingerprint density at radius 3 is 2.45 bits per heavy atom. The fraction of sp³-hybridized carbons (Fsp3) is 0.667. The van der Waals surface area contributed by atoms with E-state index < -0.39 is 54.1 Å². The van der Waals surface area contributed by atoms with E-state index in [1.165, 1.54) is 0 Å². The first-order chi connectivity index (χ1) is 14.4. The maximum Gasteiger partial charge on any atom is 0.419 e. The minimum Gasteiger partial charge on any atom is -0.379 e. The first-order valence-electron chi connectivity index (χ1n) is 9.79. The summed E-state index contributed by atoms with van der Waals surface area (Å²) in [4.78, 5) is 1.36. The van der Waals surface area contributed by atoms with Gasteiger partial charge < -0.3 is 4.74 Å². The van der Waals surface area contributed by atoms with E-state index in [1.54, 1.807) is 0 Å². The summed E-state index contributed by atoms with van der Waals surface area (Å²) in [7, 11) is -7.92. The highest BCUT2D eigenvalue weighted by molar-refractivity contribution is 7.92. The molecule has 0 N–H and O–H groups in total. The second-order valence-electron chi connectivity index (χ2n) is 7.62. The van der Waals surface area contributed by atoms with Gasteiger partial charge in [0.15, 0.2) is 9.84 Å². The normalized spacial score (nSPS) is 22.8. The molecule has 0 amide bonds. The summed E-state index contributed by atoms with van der Waals surface area (Å²) in [5, 5.41) is 0. The Hall–Kier alpha value is -1.28. The van der Waals surface area contributed by atoms with Gasteiger partial charge in [-0.05, 0) is 37.6 Å². The molecule has 2 fully saturated rings. The lowest BCUT2D eigenvalue weighted by atomic mass is 10.2. The number of morpholine rings is 1. The highest BCUT2D eigenvalue weighted by Gasteiger charge is 2.40. The lowest BCUT2D eigenvalue weighted by molar-refractivity contribution is -0.140. The van der Waals surface area contributed by atoms with E-state index in [0.717, 1.165) is 10.4 Å². The minimum atomic E-state index is -5.06. The Morgan fingerprint density at radius 1 is 1.19 bits per heavy atom. The van der Waals surface area contributed by atoms with E-state index in [0.29, 0.717) is 45.3 Å². The standard InChI is InChI=1S/C18H24F4N2O5S2/c19-17-3-2-15(12-16(17)18(20,21)22)31(27,28)24(14-4-11-30(25,26)13-14)6-1-5-23-7-9-29-10-8-23/h2-3,12,14H,1,4-11,13H2/t14-/m1/s1. The molecule has 0 aliphatic carbocycles. The van der Waals surface area contributed by atoms with E-state index in [4.69, 9.17) is 4.74 Å². The second kappa shape index (κ2) is 9.30. The summed E-state index contributed by atoms with van der Waals surface area (Å²) in [6.45, 7) is 2.94. The van der Waals surface area contributed by atoms with Crippen LogP contribution in [-0.4, -0.2) is 83.0 Å². The van der Waals surface area contributed by atoms with Crippen molar-refractivity contribution >= 4 is 19.9 Å². The van der Waals surface area contributed by atoms with Crippen molar-refractivity contribution in [3.8, 4) is 0 Å². The Balaban J connectivity index is 1.86. The van der Waals surface area contributed by atoms with Crippen molar-refractivity contribution < 1.29 is 39.1 Å². The van der Waals surface area contributed by atoms with Crippen LogP contribution < -0.4 is 0 Å². The number of sulfonamides is 1. The number of rotatable bonds is 7. The average Bonchev–Trinajstić information content (AvgIpc) is 3.04. The largest absolute Gasteiger partial charge is 0.419 e. The van der Waals surface area contributed by atoms with Crippen LogP contribution >= 0.6 is 0 Å². The van der Waals surface area contributed by atoms with Crippen LogP contribution in [0.1, 0.15) is 18.4 Å². The summed E-state index contributed by atoms with van der Waals surface area (Å²) in [6, 6.07) is 0.633. The van der Waals surface area contributed by atoms with Gasteiger partial charge in [0.25, 0.3) is 0 Å². The molecule has 2 aliphatic rings. The molecule has 3 rings (SSSR count). The van der Waals surface area contributed by atoms with Crippen molar-refractivity contribution in [3.05, 3.63) is 29.6 Å². The molecule has 0 unspecified atom stereocenters. The van der Waals surface area contributed by atoms with Gasteiger partial charge in [-0.3, -0.25) is 4.90 Å². The first-order valence-corrected chi connectivity index (χ1v) is 13.1. The molecule has 0 radical (unpaired) electrons. The van der Waals surface area contributed by atoms with E-state index >= 15 is 0 Å². The quantitative estimate of drug-likeness (QED) is 0.544. The molecule has 31 heavy (non-hydrogen) atoms. The Bertz CT molecular complexity index is 993. The molecule has 176 valence electrons. The maximum absolute atomic E-state index is 13.6. The lowest BCUT2D eigenvalue weighted by Gasteiger charge is -2.30. The topological polar surface area (TPSA) is 84.0 Å². The van der Waals surface area contributed by atoms with Crippen LogP contribution in [0.5, 0.6) is 0 Å². The van der Waals surface area contributed by atoms with Gasteiger partial charge >= 0.3 is 6.18 Å². The zero-order valence-electron chi connectivity index (χ0n) is 16.6. The molecule has 1 atom stereocenters. The predicted molar refractivity (Wildman–Crippen MR) is 104 cm³/mol. The van der Waals surface area contributed by atoms with Gasteiger partial charge in [0.1, 0.15) is 5.82 Å². The van der Waals surface area contributed by atoms with Gasteiger partial charge in [0.05, 0.1) is 35.2 Å². The SMILES string of the molecule is O=S1(=O)CC[C@@H](N(CCCN2CCOCC2)S(=O)(=O)c2ccc(F)c(C(F)(F)F)c2)C1. The van der Waals surface area contributed by atoms with Crippen molar-refractivity contribution in [2.75, 3.05) is 50.9 Å². The minimum absolute atomic E-state index is 0.0569. The molecular weight excluding hydrogens is 464 g/mol. The second-order valence-corrected chi connectivity index (χ2v) is 11.7. The van der Waals surface area contributed by atoms with Gasteiger partial charge in [-0.2, -0.15) is 17.5 Å². The Labute approximate surface area is 178 Å². The number of sulfone groups is 1. The number of nitrogens with zero attached hydrogens (tertiary/aromatic N) is 2. The summed E-state index contributed by atoms with van der Waals surface area (Å²) >= 11 is 0. The maximum atomic E-state index is 13.6. The predicted octanol–water partition coefficient (Wildman–Crippen LogP) is 1.74. The number of hydrogen-bond acceptors (Lipinski definition) is 6. The summed E-state index contributed by atoms with van der Waals surface area (Å²) < 4.78 is 109. The molecule has 2 saturated heterocycles. The summed E-state index contributed by atoms with van der Waals surface area (Å²) in [5.74, 6) is -2.16. The summed E-state index contributed by atoms with van der Waals surface area (Å²) in [6.07, 6.45) is -4.64. The van der Waals surface area contributed by atoms with Crippen molar-refractivity contribution in [1.29, 1.82) is 0 Å². The van der Waals surface area contributed by atoms with Crippen LogP contribution in [0.3, 0.4) is 0 Å². The fourth-order valence-electron chi connectivity index (χ4n) is 3.79. The molecule has 0 bridgehead atoms. The zero-order chi connectivity index (χ0) is 22.9. The van der Waals surface area contributed by atoms with Crippen LogP contribution in [0.25, 0.3) is 0 Å². The van der Waals surface area contributed by atoms with Gasteiger partial charge in [-0.1, -0.05) is 0 Å². The van der Waals surface area contributed by atoms with Crippen LogP contribution in [-0.2, 0) is 30.8 Å². The molecule has 7 nitrogen and oxygen atoms in total. The molecule has 0 aromatic heterocycles. The Kier molecular flexibility index (Phi) is 7.31. The first kappa shape index (κ1) is 24.4.